The van der Waals surface area contributed by atoms with E-state index < -0.39 is 0 Å². The molecular weight excluding hydrogens is 324 g/mol. The predicted octanol–water partition coefficient (Wildman–Crippen LogP) is 5.68. The van der Waals surface area contributed by atoms with Gasteiger partial charge in [0.25, 0.3) is 0 Å². The van der Waals surface area contributed by atoms with Crippen LogP contribution >= 0.6 is 15.9 Å². The number of anilines is 1. The summed E-state index contributed by atoms with van der Waals surface area (Å²) in [7, 11) is 0. The fourth-order valence-corrected chi connectivity index (χ4v) is 2.93. The van der Waals surface area contributed by atoms with E-state index in [4.69, 9.17) is 4.98 Å². The van der Waals surface area contributed by atoms with E-state index in [0.717, 1.165) is 35.1 Å². The number of aromatic nitrogens is 1. The second kappa shape index (κ2) is 6.35. The second-order valence-corrected chi connectivity index (χ2v) is 7.46. The van der Waals surface area contributed by atoms with Crippen LogP contribution in [0, 0.1) is 0 Å². The van der Waals surface area contributed by atoms with E-state index in [-0.39, 0.29) is 5.41 Å². The summed E-state index contributed by atoms with van der Waals surface area (Å²) in [6.07, 6.45) is 2.10. The van der Waals surface area contributed by atoms with Crippen LogP contribution in [0.25, 0.3) is 10.9 Å². The Morgan fingerprint density at radius 2 is 1.86 bits per heavy atom. The van der Waals surface area contributed by atoms with E-state index in [0.29, 0.717) is 0 Å². The lowest BCUT2D eigenvalue weighted by Crippen LogP contribution is -2.15. The van der Waals surface area contributed by atoms with E-state index in [9.17, 15) is 0 Å². The molecule has 0 spiro atoms. The first-order valence-corrected chi connectivity index (χ1v) is 8.53. The molecule has 0 bridgehead atoms. The van der Waals surface area contributed by atoms with Gasteiger partial charge in [-0.3, -0.25) is 4.98 Å². The van der Waals surface area contributed by atoms with Crippen LogP contribution in [0.3, 0.4) is 0 Å². The molecule has 0 atom stereocenters. The molecule has 1 N–H and O–H groups in total. The summed E-state index contributed by atoms with van der Waals surface area (Å²) in [6.45, 7) is 12.0. The van der Waals surface area contributed by atoms with Crippen molar-refractivity contribution in [1.82, 2.24) is 4.98 Å². The van der Waals surface area contributed by atoms with Crippen LogP contribution in [-0.4, -0.2) is 11.5 Å². The van der Waals surface area contributed by atoms with Gasteiger partial charge in [0.1, 0.15) is 0 Å². The van der Waals surface area contributed by atoms with Crippen LogP contribution in [0.2, 0.25) is 0 Å². The van der Waals surface area contributed by atoms with Crippen molar-refractivity contribution in [2.45, 2.75) is 52.9 Å². The summed E-state index contributed by atoms with van der Waals surface area (Å²) >= 11 is 3.63. The maximum Gasteiger partial charge on any atom is 0.0758 e. The Bertz CT molecular complexity index is 642. The minimum absolute atomic E-state index is 0.0505. The number of hydrogen-bond acceptors (Lipinski definition) is 2. The van der Waals surface area contributed by atoms with Crippen LogP contribution in [0.15, 0.2) is 22.7 Å². The molecule has 1 aromatic carbocycles. The fraction of sp³-hybridized carbons (Fsp3) is 0.500. The van der Waals surface area contributed by atoms with Gasteiger partial charge >= 0.3 is 0 Å². The number of pyridine rings is 1. The van der Waals surface area contributed by atoms with Crippen molar-refractivity contribution in [3.8, 4) is 0 Å². The zero-order valence-corrected chi connectivity index (χ0v) is 15.3. The van der Waals surface area contributed by atoms with E-state index in [1.165, 1.54) is 16.6 Å². The molecule has 0 aliphatic heterocycles. The minimum Gasteiger partial charge on any atom is -0.384 e. The average molecular weight is 349 g/mol. The summed E-state index contributed by atoms with van der Waals surface area (Å²) < 4.78 is 1.12. The van der Waals surface area contributed by atoms with Gasteiger partial charge < -0.3 is 5.32 Å². The van der Waals surface area contributed by atoms with E-state index in [2.05, 4.69) is 74.1 Å². The number of halogens is 1. The van der Waals surface area contributed by atoms with Gasteiger partial charge in [-0.05, 0) is 36.6 Å². The molecule has 0 unspecified atom stereocenters. The topological polar surface area (TPSA) is 24.9 Å². The molecule has 0 aliphatic carbocycles. The Morgan fingerprint density at radius 3 is 2.43 bits per heavy atom. The van der Waals surface area contributed by atoms with Crippen molar-refractivity contribution < 1.29 is 0 Å². The molecule has 0 radical (unpaired) electrons. The van der Waals surface area contributed by atoms with Crippen molar-refractivity contribution in [3.63, 3.8) is 0 Å². The third-order valence-electron chi connectivity index (χ3n) is 3.67. The maximum absolute atomic E-state index is 4.97. The summed E-state index contributed by atoms with van der Waals surface area (Å²) in [5, 5.41) is 4.78. The van der Waals surface area contributed by atoms with Crippen molar-refractivity contribution in [2.75, 3.05) is 11.9 Å². The Morgan fingerprint density at radius 1 is 1.14 bits per heavy atom. The number of rotatable bonds is 4. The molecule has 0 amide bonds. The third kappa shape index (κ3) is 3.57. The lowest BCUT2D eigenvalue weighted by Gasteiger charge is -2.21. The average Bonchev–Trinajstić information content (AvgIpc) is 2.42. The van der Waals surface area contributed by atoms with Crippen molar-refractivity contribution >= 4 is 32.5 Å². The first-order valence-electron chi connectivity index (χ1n) is 7.74. The highest BCUT2D eigenvalue weighted by molar-refractivity contribution is 9.10. The maximum atomic E-state index is 4.97. The zero-order valence-electron chi connectivity index (χ0n) is 13.7. The van der Waals surface area contributed by atoms with Crippen molar-refractivity contribution in [3.05, 3.63) is 33.9 Å². The monoisotopic (exact) mass is 348 g/mol. The smallest absolute Gasteiger partial charge is 0.0758 e. The van der Waals surface area contributed by atoms with Crippen LogP contribution in [0.4, 0.5) is 5.69 Å². The van der Waals surface area contributed by atoms with E-state index in [1.54, 1.807) is 0 Å². The minimum atomic E-state index is 0.0505. The Kier molecular flexibility index (Phi) is 4.92. The molecule has 0 saturated heterocycles. The lowest BCUT2D eigenvalue weighted by atomic mass is 9.90. The first kappa shape index (κ1) is 16.3. The van der Waals surface area contributed by atoms with E-state index in [1.807, 2.05) is 0 Å². The number of aryl methyl sites for hydroxylation is 1. The quantitative estimate of drug-likeness (QED) is 0.768. The fourth-order valence-electron chi connectivity index (χ4n) is 2.42. The Hall–Kier alpha value is -1.09. The van der Waals surface area contributed by atoms with Crippen molar-refractivity contribution in [1.29, 1.82) is 0 Å². The van der Waals surface area contributed by atoms with Crippen LogP contribution in [-0.2, 0) is 11.8 Å². The molecule has 0 saturated carbocycles. The van der Waals surface area contributed by atoms with Gasteiger partial charge in [-0.2, -0.15) is 0 Å². The lowest BCUT2D eigenvalue weighted by molar-refractivity contribution is 0.571. The third-order valence-corrected chi connectivity index (χ3v) is 4.13. The molecular formula is C18H25BrN2. The van der Waals surface area contributed by atoms with Gasteiger partial charge in [0, 0.05) is 33.2 Å². The summed E-state index contributed by atoms with van der Waals surface area (Å²) in [4.78, 5) is 4.97. The molecule has 3 heteroatoms. The van der Waals surface area contributed by atoms with Gasteiger partial charge in [0.2, 0.25) is 0 Å². The molecule has 21 heavy (non-hydrogen) atoms. The summed E-state index contributed by atoms with van der Waals surface area (Å²) in [6, 6.07) is 6.57. The van der Waals surface area contributed by atoms with E-state index >= 15 is 0 Å². The SMILES string of the molecule is CCCNc1cc(C(C)(C)C)nc2c(CC)cc(Br)cc12. The standard InChI is InChI=1S/C18H25BrN2/c1-6-8-20-15-11-16(18(3,4)5)21-17-12(7-2)9-13(19)10-14(15)17/h9-11H,6-8H2,1-5H3,(H,20,21). The number of nitrogens with one attached hydrogen (secondary N) is 1. The highest BCUT2D eigenvalue weighted by Gasteiger charge is 2.19. The number of nitrogens with zero attached hydrogens (tertiary/aromatic N) is 1. The van der Waals surface area contributed by atoms with Gasteiger partial charge in [-0.1, -0.05) is 50.5 Å². The Balaban J connectivity index is 2.74. The van der Waals surface area contributed by atoms with Crippen molar-refractivity contribution in [2.24, 2.45) is 0 Å². The zero-order chi connectivity index (χ0) is 15.6. The van der Waals surface area contributed by atoms with Crippen LogP contribution in [0.1, 0.15) is 52.3 Å². The van der Waals surface area contributed by atoms with Gasteiger partial charge in [0.15, 0.2) is 0 Å². The highest BCUT2D eigenvalue weighted by Crippen LogP contribution is 2.33. The molecule has 2 aromatic rings. The number of fused-ring (bicyclic) bond motifs is 1. The molecule has 2 nitrogen and oxygen atoms in total. The van der Waals surface area contributed by atoms with Gasteiger partial charge in [0.05, 0.1) is 5.52 Å². The molecule has 1 heterocycles. The molecule has 114 valence electrons. The van der Waals surface area contributed by atoms with Gasteiger partial charge in [-0.25, -0.2) is 0 Å². The summed E-state index contributed by atoms with van der Waals surface area (Å²) in [5.74, 6) is 0. The Labute approximate surface area is 136 Å². The normalized spacial score (nSPS) is 11.9. The second-order valence-electron chi connectivity index (χ2n) is 6.55. The molecule has 0 fully saturated rings. The predicted molar refractivity (Wildman–Crippen MR) is 96.3 cm³/mol. The van der Waals surface area contributed by atoms with Crippen LogP contribution in [0.5, 0.6) is 0 Å². The van der Waals surface area contributed by atoms with Crippen LogP contribution < -0.4 is 5.32 Å². The molecule has 1 aromatic heterocycles. The van der Waals surface area contributed by atoms with Gasteiger partial charge in [-0.15, -0.1) is 0 Å². The molecule has 2 rings (SSSR count). The summed E-state index contributed by atoms with van der Waals surface area (Å²) in [5.41, 5.74) is 4.82. The molecule has 0 aliphatic rings. The number of benzene rings is 1. The largest absolute Gasteiger partial charge is 0.384 e. The first-order chi connectivity index (χ1) is 9.86. The highest BCUT2D eigenvalue weighted by atomic mass is 79.9. The number of hydrogen-bond donors (Lipinski definition) is 1.